The summed E-state index contributed by atoms with van der Waals surface area (Å²) >= 11 is 1.83. The quantitative estimate of drug-likeness (QED) is 0.758. The largest absolute Gasteiger partial charge is 0.330 e. The minimum absolute atomic E-state index is 0.697. The maximum atomic E-state index is 5.50. The normalized spacial score (nSPS) is 10.5. The summed E-state index contributed by atoms with van der Waals surface area (Å²) in [6, 6.07) is 2.19. The van der Waals surface area contributed by atoms with E-state index in [9.17, 15) is 0 Å². The van der Waals surface area contributed by atoms with Crippen LogP contribution in [0.4, 0.5) is 0 Å². The van der Waals surface area contributed by atoms with Crippen LogP contribution in [-0.2, 0) is 6.42 Å². The van der Waals surface area contributed by atoms with Crippen LogP contribution in [0.1, 0.15) is 24.5 Å². The number of nitrogens with zero attached hydrogens (tertiary/aromatic N) is 1. The fraction of sp³-hybridized carbons (Fsp3) is 0.545. The van der Waals surface area contributed by atoms with Gasteiger partial charge in [0.1, 0.15) is 0 Å². The molecule has 1 aromatic heterocycles. The number of hydrogen-bond acceptors (Lipinski definition) is 3. The topological polar surface area (TPSA) is 38.9 Å². The van der Waals surface area contributed by atoms with Crippen LogP contribution in [0.25, 0.3) is 0 Å². The summed E-state index contributed by atoms with van der Waals surface area (Å²) in [5.41, 5.74) is 8.01. The first-order chi connectivity index (χ1) is 6.77. The van der Waals surface area contributed by atoms with Gasteiger partial charge >= 0.3 is 0 Å². The highest BCUT2D eigenvalue weighted by Gasteiger charge is 2.01. The maximum Gasteiger partial charge on any atom is 0.0989 e. The molecule has 0 atom stereocenters. The molecule has 0 unspecified atom stereocenters. The molecule has 1 heterocycles. The summed E-state index contributed by atoms with van der Waals surface area (Å²) in [7, 11) is 0. The highest BCUT2D eigenvalue weighted by molar-refractivity contribution is 7.99. The molecule has 0 saturated heterocycles. The number of rotatable bonds is 5. The van der Waals surface area contributed by atoms with Crippen molar-refractivity contribution in [3.05, 3.63) is 23.4 Å². The summed E-state index contributed by atoms with van der Waals surface area (Å²) in [5, 5.41) is 1.16. The first-order valence-corrected chi connectivity index (χ1v) is 6.05. The minimum atomic E-state index is 0.697. The standard InChI is InChI=1S/C11H18N2S/c1-3-6-14-11-9(2)7-10(4-5-12)8-13-11/h7-8H,3-6,12H2,1-2H3. The van der Waals surface area contributed by atoms with E-state index in [1.165, 1.54) is 17.5 Å². The lowest BCUT2D eigenvalue weighted by Gasteiger charge is -2.05. The molecule has 0 amide bonds. The van der Waals surface area contributed by atoms with Gasteiger partial charge in [-0.2, -0.15) is 0 Å². The molecule has 1 aromatic rings. The van der Waals surface area contributed by atoms with Crippen LogP contribution in [0.3, 0.4) is 0 Å². The predicted molar refractivity (Wildman–Crippen MR) is 62.7 cm³/mol. The molecule has 0 aliphatic carbocycles. The highest BCUT2D eigenvalue weighted by Crippen LogP contribution is 2.20. The molecule has 14 heavy (non-hydrogen) atoms. The average molecular weight is 210 g/mol. The van der Waals surface area contributed by atoms with Crippen LogP contribution in [0.5, 0.6) is 0 Å². The Balaban J connectivity index is 2.68. The molecule has 2 nitrogen and oxygen atoms in total. The summed E-state index contributed by atoms with van der Waals surface area (Å²) in [4.78, 5) is 4.44. The molecule has 0 aliphatic rings. The molecule has 1 rings (SSSR count). The maximum absolute atomic E-state index is 5.50. The number of hydrogen-bond donors (Lipinski definition) is 1. The number of aryl methyl sites for hydroxylation is 1. The zero-order valence-corrected chi connectivity index (χ0v) is 9.73. The van der Waals surface area contributed by atoms with Gasteiger partial charge in [-0.1, -0.05) is 13.0 Å². The second kappa shape index (κ2) is 6.04. The number of aromatic nitrogens is 1. The zero-order chi connectivity index (χ0) is 10.4. The van der Waals surface area contributed by atoms with Crippen molar-refractivity contribution in [3.63, 3.8) is 0 Å². The van der Waals surface area contributed by atoms with E-state index in [2.05, 4.69) is 24.9 Å². The number of pyridine rings is 1. The lowest BCUT2D eigenvalue weighted by molar-refractivity contribution is 0.935. The Morgan fingerprint density at radius 2 is 2.29 bits per heavy atom. The van der Waals surface area contributed by atoms with Crippen LogP contribution in [0.2, 0.25) is 0 Å². The van der Waals surface area contributed by atoms with Crippen molar-refractivity contribution in [2.75, 3.05) is 12.3 Å². The second-order valence-corrected chi connectivity index (χ2v) is 4.44. The molecule has 0 aliphatic heterocycles. The minimum Gasteiger partial charge on any atom is -0.330 e. The molecule has 0 saturated carbocycles. The molecule has 2 N–H and O–H groups in total. The van der Waals surface area contributed by atoms with E-state index in [0.717, 1.165) is 17.2 Å². The zero-order valence-electron chi connectivity index (χ0n) is 8.92. The fourth-order valence-corrected chi connectivity index (χ4v) is 2.08. The number of nitrogens with two attached hydrogens (primary N) is 1. The van der Waals surface area contributed by atoms with Gasteiger partial charge in [-0.15, -0.1) is 11.8 Å². The van der Waals surface area contributed by atoms with Crippen molar-refractivity contribution in [2.24, 2.45) is 5.73 Å². The van der Waals surface area contributed by atoms with Crippen molar-refractivity contribution in [1.29, 1.82) is 0 Å². The van der Waals surface area contributed by atoms with Crippen molar-refractivity contribution < 1.29 is 0 Å². The molecule has 0 radical (unpaired) electrons. The fourth-order valence-electron chi connectivity index (χ4n) is 1.27. The Kier molecular flexibility index (Phi) is 4.98. The van der Waals surface area contributed by atoms with Crippen LogP contribution < -0.4 is 5.73 Å². The summed E-state index contributed by atoms with van der Waals surface area (Å²) < 4.78 is 0. The highest BCUT2D eigenvalue weighted by atomic mass is 32.2. The van der Waals surface area contributed by atoms with E-state index in [4.69, 9.17) is 5.73 Å². The van der Waals surface area contributed by atoms with Gasteiger partial charge in [0, 0.05) is 6.20 Å². The molecule has 0 spiro atoms. The Hall–Kier alpha value is -0.540. The van der Waals surface area contributed by atoms with Crippen LogP contribution in [0, 0.1) is 6.92 Å². The summed E-state index contributed by atoms with van der Waals surface area (Å²) in [5.74, 6) is 1.14. The van der Waals surface area contributed by atoms with E-state index in [1.807, 2.05) is 18.0 Å². The third kappa shape index (κ3) is 3.31. The van der Waals surface area contributed by atoms with E-state index < -0.39 is 0 Å². The van der Waals surface area contributed by atoms with Gasteiger partial charge in [0.15, 0.2) is 0 Å². The van der Waals surface area contributed by atoms with Crippen LogP contribution >= 0.6 is 11.8 Å². The number of thioether (sulfide) groups is 1. The summed E-state index contributed by atoms with van der Waals surface area (Å²) in [6.07, 6.45) is 4.06. The summed E-state index contributed by atoms with van der Waals surface area (Å²) in [6.45, 7) is 5.00. The van der Waals surface area contributed by atoms with Crippen molar-refractivity contribution in [2.45, 2.75) is 31.7 Å². The molecule has 0 aromatic carbocycles. The van der Waals surface area contributed by atoms with Gasteiger partial charge in [0.2, 0.25) is 0 Å². The Morgan fingerprint density at radius 1 is 1.50 bits per heavy atom. The SMILES string of the molecule is CCCSc1ncc(CCN)cc1C. The monoisotopic (exact) mass is 210 g/mol. The predicted octanol–water partition coefficient (Wildman–Crippen LogP) is 2.39. The van der Waals surface area contributed by atoms with Crippen LogP contribution in [0.15, 0.2) is 17.3 Å². The van der Waals surface area contributed by atoms with Gasteiger partial charge in [-0.3, -0.25) is 0 Å². The Labute approximate surface area is 90.3 Å². The first kappa shape index (κ1) is 11.5. The van der Waals surface area contributed by atoms with Gasteiger partial charge in [-0.05, 0) is 43.2 Å². The first-order valence-electron chi connectivity index (χ1n) is 5.06. The van der Waals surface area contributed by atoms with Crippen molar-refractivity contribution in [1.82, 2.24) is 4.98 Å². The van der Waals surface area contributed by atoms with Gasteiger partial charge in [-0.25, -0.2) is 4.98 Å². The third-order valence-electron chi connectivity index (χ3n) is 1.96. The van der Waals surface area contributed by atoms with E-state index >= 15 is 0 Å². The smallest absolute Gasteiger partial charge is 0.0989 e. The van der Waals surface area contributed by atoms with Crippen molar-refractivity contribution >= 4 is 11.8 Å². The van der Waals surface area contributed by atoms with E-state index in [1.54, 1.807) is 0 Å². The molecule has 3 heteroatoms. The van der Waals surface area contributed by atoms with Gasteiger partial charge < -0.3 is 5.73 Å². The van der Waals surface area contributed by atoms with E-state index in [0.29, 0.717) is 6.54 Å². The lowest BCUT2D eigenvalue weighted by atomic mass is 10.2. The molecule has 0 bridgehead atoms. The van der Waals surface area contributed by atoms with Crippen molar-refractivity contribution in [3.8, 4) is 0 Å². The van der Waals surface area contributed by atoms with Gasteiger partial charge in [0.25, 0.3) is 0 Å². The third-order valence-corrected chi connectivity index (χ3v) is 3.28. The van der Waals surface area contributed by atoms with Gasteiger partial charge in [0.05, 0.1) is 5.03 Å². The lowest BCUT2D eigenvalue weighted by Crippen LogP contribution is -2.03. The Bertz CT molecular complexity index is 287. The second-order valence-electron chi connectivity index (χ2n) is 3.35. The molecule has 78 valence electrons. The molecular weight excluding hydrogens is 192 g/mol. The Morgan fingerprint density at radius 3 is 2.86 bits per heavy atom. The molecule has 0 fully saturated rings. The molecular formula is C11H18N2S. The van der Waals surface area contributed by atoms with Crippen LogP contribution in [-0.4, -0.2) is 17.3 Å². The van der Waals surface area contributed by atoms with E-state index in [-0.39, 0.29) is 0 Å². The average Bonchev–Trinajstić information content (AvgIpc) is 2.17.